The summed E-state index contributed by atoms with van der Waals surface area (Å²) in [4.78, 5) is 0. The van der Waals surface area contributed by atoms with E-state index in [2.05, 4.69) is 25.2 Å². The summed E-state index contributed by atoms with van der Waals surface area (Å²) in [6, 6.07) is 10.1. The first-order valence-electron chi connectivity index (χ1n) is 6.06. The molecule has 3 nitrogen and oxygen atoms in total. The molecular formula is C14H20N2O. The van der Waals surface area contributed by atoms with Crippen LogP contribution in [0, 0.1) is 17.2 Å². The monoisotopic (exact) mass is 232 g/mol. The van der Waals surface area contributed by atoms with E-state index in [1.54, 1.807) is 0 Å². The molecule has 3 heteroatoms. The number of ether oxygens (including phenoxy) is 1. The Bertz CT molecular complexity index is 384. The van der Waals surface area contributed by atoms with Crippen molar-refractivity contribution in [2.24, 2.45) is 5.92 Å². The summed E-state index contributed by atoms with van der Waals surface area (Å²) in [5.74, 6) is 0.878. The van der Waals surface area contributed by atoms with Crippen molar-refractivity contribution in [2.45, 2.75) is 33.3 Å². The summed E-state index contributed by atoms with van der Waals surface area (Å²) >= 11 is 0. The third-order valence-electron chi connectivity index (χ3n) is 2.58. The molecule has 1 aromatic carbocycles. The first-order valence-corrected chi connectivity index (χ1v) is 6.06. The van der Waals surface area contributed by atoms with Crippen LogP contribution in [0.2, 0.25) is 0 Å². The maximum Gasteiger partial charge on any atom is 0.121 e. The van der Waals surface area contributed by atoms with Gasteiger partial charge in [0.2, 0.25) is 0 Å². The van der Waals surface area contributed by atoms with Crippen LogP contribution in [0.1, 0.15) is 27.2 Å². The van der Waals surface area contributed by atoms with Crippen LogP contribution in [0.5, 0.6) is 5.75 Å². The van der Waals surface area contributed by atoms with Gasteiger partial charge in [-0.25, -0.2) is 0 Å². The highest BCUT2D eigenvalue weighted by Gasteiger charge is 2.03. The molecule has 1 aromatic rings. The lowest BCUT2D eigenvalue weighted by Gasteiger charge is -2.14. The third-order valence-corrected chi connectivity index (χ3v) is 2.58. The lowest BCUT2D eigenvalue weighted by Crippen LogP contribution is -2.11. The van der Waals surface area contributed by atoms with E-state index in [1.165, 1.54) is 0 Å². The van der Waals surface area contributed by atoms with E-state index >= 15 is 0 Å². The lowest BCUT2D eigenvalue weighted by molar-refractivity contribution is 0.217. The van der Waals surface area contributed by atoms with Gasteiger partial charge in [-0.1, -0.05) is 13.0 Å². The van der Waals surface area contributed by atoms with Crippen molar-refractivity contribution in [1.82, 2.24) is 0 Å². The Morgan fingerprint density at radius 2 is 2.18 bits per heavy atom. The van der Waals surface area contributed by atoms with Gasteiger partial charge < -0.3 is 10.1 Å². The molecule has 0 radical (unpaired) electrons. The second kappa shape index (κ2) is 6.80. The number of rotatable bonds is 6. The number of anilines is 1. The molecule has 0 aliphatic heterocycles. The van der Waals surface area contributed by atoms with Gasteiger partial charge in [-0.05, 0) is 32.4 Å². The number of nitrogens with one attached hydrogen (secondary N) is 1. The minimum Gasteiger partial charge on any atom is -0.491 e. The van der Waals surface area contributed by atoms with E-state index in [1.807, 2.05) is 31.2 Å². The maximum atomic E-state index is 8.70. The fraction of sp³-hybridized carbons (Fsp3) is 0.500. The van der Waals surface area contributed by atoms with E-state index in [0.717, 1.165) is 17.9 Å². The second-order valence-electron chi connectivity index (χ2n) is 4.28. The van der Waals surface area contributed by atoms with Crippen molar-refractivity contribution < 1.29 is 4.74 Å². The first-order chi connectivity index (χ1) is 8.15. The fourth-order valence-electron chi connectivity index (χ4n) is 1.31. The molecule has 0 bridgehead atoms. The molecular weight excluding hydrogens is 212 g/mol. The minimum absolute atomic E-state index is 0.00846. The molecule has 92 valence electrons. The molecule has 2 atom stereocenters. The SMILES string of the molecule is CCC(C)Oc1cccc(NCC(C)C#N)c1. The molecule has 17 heavy (non-hydrogen) atoms. The summed E-state index contributed by atoms with van der Waals surface area (Å²) in [7, 11) is 0. The Hall–Kier alpha value is -1.69. The zero-order chi connectivity index (χ0) is 12.7. The number of nitrogens with zero attached hydrogens (tertiary/aromatic N) is 1. The third kappa shape index (κ3) is 4.78. The van der Waals surface area contributed by atoms with Crippen LogP contribution in [0.4, 0.5) is 5.69 Å². The van der Waals surface area contributed by atoms with Gasteiger partial charge in [-0.3, -0.25) is 0 Å². The predicted octanol–water partition coefficient (Wildman–Crippen LogP) is 3.44. The van der Waals surface area contributed by atoms with Gasteiger partial charge >= 0.3 is 0 Å². The van der Waals surface area contributed by atoms with Crippen molar-refractivity contribution in [3.8, 4) is 11.8 Å². The molecule has 0 fully saturated rings. The van der Waals surface area contributed by atoms with Crippen molar-refractivity contribution in [3.05, 3.63) is 24.3 Å². The van der Waals surface area contributed by atoms with Crippen LogP contribution in [-0.2, 0) is 0 Å². The molecule has 0 amide bonds. The first kappa shape index (κ1) is 13.4. The molecule has 0 saturated carbocycles. The summed E-state index contributed by atoms with van der Waals surface area (Å²) < 4.78 is 5.73. The number of nitriles is 1. The number of hydrogen-bond acceptors (Lipinski definition) is 3. The maximum absolute atomic E-state index is 8.70. The molecule has 1 N–H and O–H groups in total. The van der Waals surface area contributed by atoms with Crippen LogP contribution >= 0.6 is 0 Å². The van der Waals surface area contributed by atoms with E-state index in [9.17, 15) is 0 Å². The topological polar surface area (TPSA) is 45.0 Å². The zero-order valence-electron chi connectivity index (χ0n) is 10.7. The van der Waals surface area contributed by atoms with Gasteiger partial charge in [0, 0.05) is 18.3 Å². The van der Waals surface area contributed by atoms with Crippen molar-refractivity contribution in [3.63, 3.8) is 0 Å². The molecule has 0 aliphatic rings. The highest BCUT2D eigenvalue weighted by atomic mass is 16.5. The lowest BCUT2D eigenvalue weighted by atomic mass is 10.2. The molecule has 0 heterocycles. The second-order valence-corrected chi connectivity index (χ2v) is 4.28. The van der Waals surface area contributed by atoms with E-state index in [-0.39, 0.29) is 12.0 Å². The van der Waals surface area contributed by atoms with E-state index < -0.39 is 0 Å². The van der Waals surface area contributed by atoms with Gasteiger partial charge in [-0.15, -0.1) is 0 Å². The predicted molar refractivity (Wildman–Crippen MR) is 70.1 cm³/mol. The van der Waals surface area contributed by atoms with Gasteiger partial charge in [0.05, 0.1) is 18.1 Å². The highest BCUT2D eigenvalue weighted by molar-refractivity contribution is 5.48. The smallest absolute Gasteiger partial charge is 0.121 e. The molecule has 0 saturated heterocycles. The summed E-state index contributed by atoms with van der Waals surface area (Å²) in [5.41, 5.74) is 0.993. The van der Waals surface area contributed by atoms with E-state index in [4.69, 9.17) is 10.00 Å². The highest BCUT2D eigenvalue weighted by Crippen LogP contribution is 2.19. The molecule has 0 aromatic heterocycles. The van der Waals surface area contributed by atoms with Crippen LogP contribution < -0.4 is 10.1 Å². The minimum atomic E-state index is 0.00846. The average molecular weight is 232 g/mol. The number of benzene rings is 1. The van der Waals surface area contributed by atoms with Crippen molar-refractivity contribution >= 4 is 5.69 Å². The van der Waals surface area contributed by atoms with Gasteiger partial charge in [0.1, 0.15) is 5.75 Å². The largest absolute Gasteiger partial charge is 0.491 e. The summed E-state index contributed by atoms with van der Waals surface area (Å²) in [6.07, 6.45) is 1.21. The quantitative estimate of drug-likeness (QED) is 0.817. The Labute approximate surface area is 103 Å². The Morgan fingerprint density at radius 1 is 1.41 bits per heavy atom. The molecule has 0 aliphatic carbocycles. The van der Waals surface area contributed by atoms with Crippen molar-refractivity contribution in [1.29, 1.82) is 5.26 Å². The van der Waals surface area contributed by atoms with Crippen LogP contribution in [0.15, 0.2) is 24.3 Å². The van der Waals surface area contributed by atoms with Crippen LogP contribution in [0.25, 0.3) is 0 Å². The Balaban J connectivity index is 2.57. The van der Waals surface area contributed by atoms with E-state index in [0.29, 0.717) is 6.54 Å². The molecule has 0 spiro atoms. The Morgan fingerprint density at radius 3 is 2.82 bits per heavy atom. The zero-order valence-corrected chi connectivity index (χ0v) is 10.7. The fourth-order valence-corrected chi connectivity index (χ4v) is 1.31. The standard InChI is InChI=1S/C14H20N2O/c1-4-12(3)17-14-7-5-6-13(8-14)16-10-11(2)9-15/h5-8,11-12,16H,4,10H2,1-3H3. The van der Waals surface area contributed by atoms with Crippen LogP contribution in [0.3, 0.4) is 0 Å². The van der Waals surface area contributed by atoms with Gasteiger partial charge in [0.15, 0.2) is 0 Å². The van der Waals surface area contributed by atoms with Crippen LogP contribution in [-0.4, -0.2) is 12.6 Å². The van der Waals surface area contributed by atoms with Gasteiger partial charge in [-0.2, -0.15) is 5.26 Å². The molecule has 2 unspecified atom stereocenters. The average Bonchev–Trinajstić information content (AvgIpc) is 2.36. The Kier molecular flexibility index (Phi) is 5.35. The number of hydrogen-bond donors (Lipinski definition) is 1. The summed E-state index contributed by atoms with van der Waals surface area (Å²) in [5, 5.41) is 11.9. The molecule has 1 rings (SSSR count). The van der Waals surface area contributed by atoms with Gasteiger partial charge in [0.25, 0.3) is 0 Å². The summed E-state index contributed by atoms with van der Waals surface area (Å²) in [6.45, 7) is 6.70. The van der Waals surface area contributed by atoms with Crippen molar-refractivity contribution in [2.75, 3.05) is 11.9 Å². The normalized spacial score (nSPS) is 13.5.